The molecule has 0 bridgehead atoms. The SMILES string of the molecule is Cc1nnc(Sc2cc(F)ncn2)s1. The molecular weight excluding hydrogens is 223 g/mol. The Hall–Kier alpha value is -1.08. The van der Waals surface area contributed by atoms with Crippen molar-refractivity contribution in [3.63, 3.8) is 0 Å². The van der Waals surface area contributed by atoms with Gasteiger partial charge in [0.15, 0.2) is 4.34 Å². The van der Waals surface area contributed by atoms with E-state index in [1.54, 1.807) is 0 Å². The zero-order chi connectivity index (χ0) is 9.97. The predicted molar refractivity (Wildman–Crippen MR) is 50.8 cm³/mol. The summed E-state index contributed by atoms with van der Waals surface area (Å²) in [5, 5.41) is 9.15. The van der Waals surface area contributed by atoms with E-state index in [4.69, 9.17) is 0 Å². The zero-order valence-corrected chi connectivity index (χ0v) is 8.77. The summed E-state index contributed by atoms with van der Waals surface area (Å²) in [5.41, 5.74) is 0. The molecular formula is C7H5FN4S2. The van der Waals surface area contributed by atoms with Gasteiger partial charge in [0.2, 0.25) is 5.95 Å². The predicted octanol–water partition coefficient (Wildman–Crippen LogP) is 1.93. The van der Waals surface area contributed by atoms with Crippen LogP contribution in [0, 0.1) is 12.9 Å². The third-order valence-electron chi connectivity index (χ3n) is 1.31. The maximum atomic E-state index is 12.7. The lowest BCUT2D eigenvalue weighted by Crippen LogP contribution is -1.86. The van der Waals surface area contributed by atoms with Gasteiger partial charge in [-0.25, -0.2) is 9.97 Å². The fraction of sp³-hybridized carbons (Fsp3) is 0.143. The lowest BCUT2D eigenvalue weighted by Gasteiger charge is -1.93. The smallest absolute Gasteiger partial charge is 0.217 e. The van der Waals surface area contributed by atoms with Crippen LogP contribution in [-0.2, 0) is 0 Å². The van der Waals surface area contributed by atoms with Crippen molar-refractivity contribution in [3.05, 3.63) is 23.3 Å². The van der Waals surface area contributed by atoms with Gasteiger partial charge in [0.1, 0.15) is 16.4 Å². The fourth-order valence-electron chi connectivity index (χ4n) is 0.782. The standard InChI is InChI=1S/C7H5FN4S2/c1-4-11-12-7(13-4)14-6-2-5(8)9-3-10-6/h2-3H,1H3. The first-order valence-corrected chi connectivity index (χ1v) is 5.33. The van der Waals surface area contributed by atoms with E-state index in [1.807, 2.05) is 6.92 Å². The van der Waals surface area contributed by atoms with Crippen LogP contribution in [0.1, 0.15) is 5.01 Å². The van der Waals surface area contributed by atoms with E-state index in [1.165, 1.54) is 35.5 Å². The Balaban J connectivity index is 2.18. The molecule has 0 aliphatic carbocycles. The van der Waals surface area contributed by atoms with E-state index in [9.17, 15) is 4.39 Å². The van der Waals surface area contributed by atoms with Crippen LogP contribution in [0.5, 0.6) is 0 Å². The molecule has 0 unspecified atom stereocenters. The minimum Gasteiger partial charge on any atom is -0.229 e. The van der Waals surface area contributed by atoms with Gasteiger partial charge in [-0.1, -0.05) is 11.3 Å². The molecule has 0 spiro atoms. The number of hydrogen-bond acceptors (Lipinski definition) is 6. The summed E-state index contributed by atoms with van der Waals surface area (Å²) in [4.78, 5) is 7.26. The van der Waals surface area contributed by atoms with E-state index < -0.39 is 5.95 Å². The highest BCUT2D eigenvalue weighted by atomic mass is 32.2. The Morgan fingerprint density at radius 3 is 2.86 bits per heavy atom. The second-order valence-electron chi connectivity index (χ2n) is 2.37. The second-order valence-corrected chi connectivity index (χ2v) is 4.82. The number of rotatable bonds is 2. The Morgan fingerprint density at radius 2 is 2.21 bits per heavy atom. The van der Waals surface area contributed by atoms with E-state index in [2.05, 4.69) is 20.2 Å². The summed E-state index contributed by atoms with van der Waals surface area (Å²) < 4.78 is 13.4. The third kappa shape index (κ3) is 2.24. The molecule has 2 aromatic heterocycles. The van der Waals surface area contributed by atoms with Crippen LogP contribution in [0.3, 0.4) is 0 Å². The van der Waals surface area contributed by atoms with Gasteiger partial charge in [-0.05, 0) is 18.7 Å². The van der Waals surface area contributed by atoms with Gasteiger partial charge in [0, 0.05) is 6.07 Å². The molecule has 0 radical (unpaired) electrons. The molecule has 14 heavy (non-hydrogen) atoms. The average Bonchev–Trinajstić information content (AvgIpc) is 2.51. The Bertz CT molecular complexity index is 445. The zero-order valence-electron chi connectivity index (χ0n) is 7.14. The lowest BCUT2D eigenvalue weighted by atomic mass is 10.7. The number of halogens is 1. The second kappa shape index (κ2) is 3.97. The fourth-order valence-corrected chi connectivity index (χ4v) is 2.50. The normalized spacial score (nSPS) is 10.4. The molecule has 0 saturated heterocycles. The topological polar surface area (TPSA) is 51.6 Å². The molecule has 0 amide bonds. The van der Waals surface area contributed by atoms with Crippen LogP contribution >= 0.6 is 23.1 Å². The highest BCUT2D eigenvalue weighted by Crippen LogP contribution is 2.27. The maximum absolute atomic E-state index is 12.7. The quantitative estimate of drug-likeness (QED) is 0.735. The first-order chi connectivity index (χ1) is 6.74. The lowest BCUT2D eigenvalue weighted by molar-refractivity contribution is 0.572. The first kappa shape index (κ1) is 9.47. The average molecular weight is 228 g/mol. The van der Waals surface area contributed by atoms with Gasteiger partial charge in [0.25, 0.3) is 0 Å². The highest BCUT2D eigenvalue weighted by molar-refractivity contribution is 8.01. The largest absolute Gasteiger partial charge is 0.229 e. The van der Waals surface area contributed by atoms with Gasteiger partial charge in [-0.2, -0.15) is 4.39 Å². The van der Waals surface area contributed by atoms with Crippen LogP contribution < -0.4 is 0 Å². The molecule has 72 valence electrons. The molecule has 0 N–H and O–H groups in total. The molecule has 2 heterocycles. The van der Waals surface area contributed by atoms with Gasteiger partial charge < -0.3 is 0 Å². The molecule has 2 rings (SSSR count). The molecule has 0 aromatic carbocycles. The summed E-state index contributed by atoms with van der Waals surface area (Å²) in [6.45, 7) is 1.86. The summed E-state index contributed by atoms with van der Waals surface area (Å²) in [6, 6.07) is 1.27. The van der Waals surface area contributed by atoms with E-state index in [-0.39, 0.29) is 0 Å². The highest BCUT2D eigenvalue weighted by Gasteiger charge is 2.05. The number of aromatic nitrogens is 4. The van der Waals surface area contributed by atoms with Crippen LogP contribution in [0.25, 0.3) is 0 Å². The monoisotopic (exact) mass is 228 g/mol. The molecule has 0 atom stereocenters. The van der Waals surface area contributed by atoms with Crippen molar-refractivity contribution < 1.29 is 4.39 Å². The van der Waals surface area contributed by atoms with Crippen molar-refractivity contribution >= 4 is 23.1 Å². The number of nitrogens with zero attached hydrogens (tertiary/aromatic N) is 4. The van der Waals surface area contributed by atoms with Crippen LogP contribution in [0.15, 0.2) is 21.8 Å². The molecule has 7 heteroatoms. The van der Waals surface area contributed by atoms with E-state index >= 15 is 0 Å². The van der Waals surface area contributed by atoms with Crippen molar-refractivity contribution in [1.29, 1.82) is 0 Å². The van der Waals surface area contributed by atoms with Crippen molar-refractivity contribution in [2.45, 2.75) is 16.3 Å². The van der Waals surface area contributed by atoms with Crippen molar-refractivity contribution in [2.24, 2.45) is 0 Å². The Kier molecular flexibility index (Phi) is 2.69. The van der Waals surface area contributed by atoms with E-state index in [0.29, 0.717) is 5.03 Å². The van der Waals surface area contributed by atoms with Crippen molar-refractivity contribution in [3.8, 4) is 0 Å². The van der Waals surface area contributed by atoms with Crippen molar-refractivity contribution in [1.82, 2.24) is 20.2 Å². The Morgan fingerprint density at radius 1 is 1.36 bits per heavy atom. The van der Waals surface area contributed by atoms with Gasteiger partial charge >= 0.3 is 0 Å². The summed E-state index contributed by atoms with van der Waals surface area (Å²) in [6.07, 6.45) is 1.19. The molecule has 4 nitrogen and oxygen atoms in total. The summed E-state index contributed by atoms with van der Waals surface area (Å²) in [5.74, 6) is -0.538. The molecule has 0 aliphatic heterocycles. The van der Waals surface area contributed by atoms with E-state index in [0.717, 1.165) is 9.35 Å². The third-order valence-corrected chi connectivity index (χ3v) is 3.13. The van der Waals surface area contributed by atoms with Gasteiger partial charge in [-0.15, -0.1) is 10.2 Å². The summed E-state index contributed by atoms with van der Waals surface area (Å²) >= 11 is 2.72. The summed E-state index contributed by atoms with van der Waals surface area (Å²) in [7, 11) is 0. The van der Waals surface area contributed by atoms with Crippen molar-refractivity contribution in [2.75, 3.05) is 0 Å². The number of hydrogen-bond donors (Lipinski definition) is 0. The molecule has 0 saturated carbocycles. The first-order valence-electron chi connectivity index (χ1n) is 3.69. The molecule has 0 aliphatic rings. The molecule has 0 fully saturated rings. The Labute approximate surface area is 87.6 Å². The number of aryl methyl sites for hydroxylation is 1. The minimum atomic E-state index is -0.538. The van der Waals surface area contributed by atoms with Crippen LogP contribution in [-0.4, -0.2) is 20.2 Å². The van der Waals surface area contributed by atoms with Crippen LogP contribution in [0.2, 0.25) is 0 Å². The van der Waals surface area contributed by atoms with Gasteiger partial charge in [-0.3, -0.25) is 0 Å². The minimum absolute atomic E-state index is 0.536. The molecule has 2 aromatic rings. The van der Waals surface area contributed by atoms with Crippen LogP contribution in [0.4, 0.5) is 4.39 Å². The maximum Gasteiger partial charge on any atom is 0.217 e. The van der Waals surface area contributed by atoms with Gasteiger partial charge in [0.05, 0.1) is 0 Å².